The van der Waals surface area contributed by atoms with Crippen molar-refractivity contribution >= 4 is 5.82 Å². The van der Waals surface area contributed by atoms with Gasteiger partial charge in [0.25, 0.3) is 0 Å². The summed E-state index contributed by atoms with van der Waals surface area (Å²) in [6.45, 7) is 4.24. The summed E-state index contributed by atoms with van der Waals surface area (Å²) in [5.41, 5.74) is 0.467. The summed E-state index contributed by atoms with van der Waals surface area (Å²) in [5.74, 6) is 0.550. The van der Waals surface area contributed by atoms with Crippen LogP contribution in [0.15, 0.2) is 6.33 Å². The van der Waals surface area contributed by atoms with Crippen LogP contribution in [0.3, 0.4) is 0 Å². The first-order valence-corrected chi connectivity index (χ1v) is 6.12. The molecule has 1 saturated heterocycles. The van der Waals surface area contributed by atoms with E-state index >= 15 is 0 Å². The van der Waals surface area contributed by atoms with Gasteiger partial charge in [-0.05, 0) is 25.2 Å². The summed E-state index contributed by atoms with van der Waals surface area (Å²) < 4.78 is 19.1. The molecule has 1 N–H and O–H groups in total. The first-order chi connectivity index (χ1) is 8.31. The summed E-state index contributed by atoms with van der Waals surface area (Å²) in [6, 6.07) is 0. The van der Waals surface area contributed by atoms with Crippen molar-refractivity contribution in [1.29, 1.82) is 0 Å². The Kier molecular flexibility index (Phi) is 4.25. The second-order valence-electron chi connectivity index (χ2n) is 4.27. The van der Waals surface area contributed by atoms with Crippen molar-refractivity contribution in [2.24, 2.45) is 5.92 Å². The van der Waals surface area contributed by atoms with Crippen LogP contribution in [-0.2, 0) is 11.2 Å². The number of aryl methyl sites for hydroxylation is 1. The second-order valence-corrected chi connectivity index (χ2v) is 4.27. The Bertz CT molecular complexity index is 367. The summed E-state index contributed by atoms with van der Waals surface area (Å²) in [4.78, 5) is 7.85. The van der Waals surface area contributed by atoms with Crippen LogP contribution in [-0.4, -0.2) is 29.7 Å². The Labute approximate surface area is 101 Å². The van der Waals surface area contributed by atoms with Crippen molar-refractivity contribution in [2.75, 3.05) is 25.1 Å². The van der Waals surface area contributed by atoms with Gasteiger partial charge in [-0.1, -0.05) is 6.92 Å². The Hall–Kier alpha value is -1.23. The average Bonchev–Trinajstić information content (AvgIpc) is 2.39. The zero-order valence-electron chi connectivity index (χ0n) is 10.1. The van der Waals surface area contributed by atoms with E-state index in [4.69, 9.17) is 4.74 Å². The van der Waals surface area contributed by atoms with Crippen molar-refractivity contribution in [1.82, 2.24) is 9.97 Å². The third-order valence-corrected chi connectivity index (χ3v) is 3.10. The molecule has 0 radical (unpaired) electrons. The minimum Gasteiger partial charge on any atom is -0.381 e. The number of anilines is 1. The van der Waals surface area contributed by atoms with E-state index in [2.05, 4.69) is 15.3 Å². The van der Waals surface area contributed by atoms with Gasteiger partial charge in [0.05, 0.1) is 5.69 Å². The SMILES string of the molecule is CCc1ncnc(NCC2CCOCC2)c1F. The van der Waals surface area contributed by atoms with Crippen LogP contribution in [0.5, 0.6) is 0 Å². The molecule has 94 valence electrons. The number of rotatable bonds is 4. The van der Waals surface area contributed by atoms with E-state index in [0.29, 0.717) is 23.9 Å². The summed E-state index contributed by atoms with van der Waals surface area (Å²) >= 11 is 0. The van der Waals surface area contributed by atoms with Gasteiger partial charge < -0.3 is 10.1 Å². The van der Waals surface area contributed by atoms with Gasteiger partial charge in [0, 0.05) is 19.8 Å². The molecule has 1 fully saturated rings. The van der Waals surface area contributed by atoms with E-state index in [1.807, 2.05) is 6.92 Å². The van der Waals surface area contributed by atoms with Crippen molar-refractivity contribution in [3.8, 4) is 0 Å². The molecule has 1 aromatic heterocycles. The van der Waals surface area contributed by atoms with Gasteiger partial charge in [-0.25, -0.2) is 14.4 Å². The molecule has 0 unspecified atom stereocenters. The van der Waals surface area contributed by atoms with Gasteiger partial charge in [0.2, 0.25) is 0 Å². The Morgan fingerprint density at radius 2 is 2.18 bits per heavy atom. The number of hydrogen-bond acceptors (Lipinski definition) is 4. The molecule has 0 amide bonds. The van der Waals surface area contributed by atoms with E-state index in [1.54, 1.807) is 0 Å². The lowest BCUT2D eigenvalue weighted by Gasteiger charge is -2.22. The number of ether oxygens (including phenoxy) is 1. The third kappa shape index (κ3) is 3.12. The van der Waals surface area contributed by atoms with Gasteiger partial charge in [-0.15, -0.1) is 0 Å². The smallest absolute Gasteiger partial charge is 0.186 e. The molecule has 1 aliphatic rings. The van der Waals surface area contributed by atoms with Gasteiger partial charge in [-0.2, -0.15) is 0 Å². The standard InChI is InChI=1S/C12H18FN3O/c1-2-10-11(13)12(16-8-15-10)14-7-9-3-5-17-6-4-9/h8-9H,2-7H2,1H3,(H,14,15,16). The lowest BCUT2D eigenvalue weighted by atomic mass is 10.0. The Morgan fingerprint density at radius 1 is 1.41 bits per heavy atom. The van der Waals surface area contributed by atoms with Crippen molar-refractivity contribution in [3.05, 3.63) is 17.8 Å². The molecule has 5 heteroatoms. The molecular weight excluding hydrogens is 221 g/mol. The minimum absolute atomic E-state index is 0.318. The molecular formula is C12H18FN3O. The minimum atomic E-state index is -0.318. The van der Waals surface area contributed by atoms with Crippen LogP contribution in [0.1, 0.15) is 25.5 Å². The Morgan fingerprint density at radius 3 is 2.88 bits per heavy atom. The fraction of sp³-hybridized carbons (Fsp3) is 0.667. The zero-order valence-corrected chi connectivity index (χ0v) is 10.1. The summed E-state index contributed by atoms with van der Waals surface area (Å²) in [6.07, 6.45) is 4.05. The number of hydrogen-bond donors (Lipinski definition) is 1. The molecule has 0 aromatic carbocycles. The lowest BCUT2D eigenvalue weighted by Crippen LogP contribution is -2.23. The summed E-state index contributed by atoms with van der Waals surface area (Å²) in [5, 5.41) is 3.08. The van der Waals surface area contributed by atoms with E-state index in [9.17, 15) is 4.39 Å². The number of halogens is 1. The highest BCUT2D eigenvalue weighted by atomic mass is 19.1. The number of nitrogens with zero attached hydrogens (tertiary/aromatic N) is 2. The van der Waals surface area contributed by atoms with Gasteiger partial charge >= 0.3 is 0 Å². The lowest BCUT2D eigenvalue weighted by molar-refractivity contribution is 0.0699. The van der Waals surface area contributed by atoms with E-state index in [-0.39, 0.29) is 5.82 Å². The highest BCUT2D eigenvalue weighted by Crippen LogP contribution is 2.17. The maximum absolute atomic E-state index is 13.8. The van der Waals surface area contributed by atoms with Gasteiger partial charge in [0.1, 0.15) is 6.33 Å². The van der Waals surface area contributed by atoms with Gasteiger partial charge in [0.15, 0.2) is 11.6 Å². The monoisotopic (exact) mass is 239 g/mol. The van der Waals surface area contributed by atoms with Crippen molar-refractivity contribution in [2.45, 2.75) is 26.2 Å². The third-order valence-electron chi connectivity index (χ3n) is 3.10. The van der Waals surface area contributed by atoms with Crippen LogP contribution >= 0.6 is 0 Å². The summed E-state index contributed by atoms with van der Waals surface area (Å²) in [7, 11) is 0. The molecule has 0 aliphatic carbocycles. The first-order valence-electron chi connectivity index (χ1n) is 6.12. The number of nitrogens with one attached hydrogen (secondary N) is 1. The predicted octanol–water partition coefficient (Wildman–Crippen LogP) is 2.02. The van der Waals surface area contributed by atoms with Crippen molar-refractivity contribution < 1.29 is 9.13 Å². The highest BCUT2D eigenvalue weighted by molar-refractivity contribution is 5.37. The normalized spacial score (nSPS) is 17.1. The molecule has 2 heterocycles. The van der Waals surface area contributed by atoms with Gasteiger partial charge in [-0.3, -0.25) is 0 Å². The fourth-order valence-corrected chi connectivity index (χ4v) is 1.97. The van der Waals surface area contributed by atoms with Crippen LogP contribution in [0.25, 0.3) is 0 Å². The molecule has 17 heavy (non-hydrogen) atoms. The maximum atomic E-state index is 13.8. The molecule has 0 atom stereocenters. The zero-order chi connectivity index (χ0) is 12.1. The topological polar surface area (TPSA) is 47.0 Å². The molecule has 1 aromatic rings. The predicted molar refractivity (Wildman–Crippen MR) is 63.4 cm³/mol. The van der Waals surface area contributed by atoms with Crippen LogP contribution in [0.4, 0.5) is 10.2 Å². The molecule has 1 aliphatic heterocycles. The quantitative estimate of drug-likeness (QED) is 0.873. The van der Waals surface area contributed by atoms with E-state index in [1.165, 1.54) is 6.33 Å². The number of aromatic nitrogens is 2. The molecule has 0 spiro atoms. The van der Waals surface area contributed by atoms with Crippen molar-refractivity contribution in [3.63, 3.8) is 0 Å². The van der Waals surface area contributed by atoms with E-state index < -0.39 is 0 Å². The fourth-order valence-electron chi connectivity index (χ4n) is 1.97. The van der Waals surface area contributed by atoms with Crippen LogP contribution < -0.4 is 5.32 Å². The first kappa shape index (κ1) is 12.2. The Balaban J connectivity index is 1.93. The average molecular weight is 239 g/mol. The maximum Gasteiger partial charge on any atom is 0.186 e. The molecule has 0 bridgehead atoms. The van der Waals surface area contributed by atoms with E-state index in [0.717, 1.165) is 32.6 Å². The second kappa shape index (κ2) is 5.91. The van der Waals surface area contributed by atoms with Crippen LogP contribution in [0, 0.1) is 11.7 Å². The van der Waals surface area contributed by atoms with Crippen LogP contribution in [0.2, 0.25) is 0 Å². The highest BCUT2D eigenvalue weighted by Gasteiger charge is 2.15. The molecule has 4 nitrogen and oxygen atoms in total. The molecule has 2 rings (SSSR count). The largest absolute Gasteiger partial charge is 0.381 e. The molecule has 0 saturated carbocycles.